The van der Waals surface area contributed by atoms with Crippen molar-refractivity contribution in [2.75, 3.05) is 5.75 Å². The van der Waals surface area contributed by atoms with Crippen LogP contribution in [-0.4, -0.2) is 26.4 Å². The zero-order chi connectivity index (χ0) is 20.4. The highest BCUT2D eigenvalue weighted by Gasteiger charge is 2.25. The molecule has 0 aromatic carbocycles. The van der Waals surface area contributed by atoms with Gasteiger partial charge in [0.25, 0.3) is 0 Å². The van der Waals surface area contributed by atoms with Crippen molar-refractivity contribution in [1.29, 1.82) is 0 Å². The van der Waals surface area contributed by atoms with Gasteiger partial charge in [-0.2, -0.15) is 0 Å². The van der Waals surface area contributed by atoms with Crippen LogP contribution in [0.2, 0.25) is 0 Å². The fraction of sp³-hybridized carbons (Fsp3) is 0.476. The number of hydrogen-bond donors (Lipinski definition) is 1. The highest BCUT2D eigenvalue weighted by Crippen LogP contribution is 2.39. The molecule has 0 saturated carbocycles. The maximum atomic E-state index is 12.2. The maximum Gasteiger partial charge on any atom is 0.230 e. The van der Waals surface area contributed by atoms with E-state index in [4.69, 9.17) is 4.42 Å². The van der Waals surface area contributed by atoms with Crippen molar-refractivity contribution in [3.05, 3.63) is 40.0 Å². The van der Waals surface area contributed by atoms with Gasteiger partial charge in [-0.05, 0) is 56.7 Å². The van der Waals surface area contributed by atoms with Crippen LogP contribution in [0.1, 0.15) is 49.4 Å². The molecule has 3 aromatic heterocycles. The van der Waals surface area contributed by atoms with E-state index in [-0.39, 0.29) is 11.9 Å². The van der Waals surface area contributed by atoms with Crippen LogP contribution in [0.4, 0.5) is 0 Å². The van der Waals surface area contributed by atoms with Crippen LogP contribution in [0.25, 0.3) is 11.4 Å². The van der Waals surface area contributed by atoms with E-state index in [1.54, 1.807) is 6.26 Å². The molecule has 3 heterocycles. The summed E-state index contributed by atoms with van der Waals surface area (Å²) in [5.74, 6) is 2.67. The van der Waals surface area contributed by atoms with Crippen LogP contribution in [0.15, 0.2) is 33.3 Å². The smallest absolute Gasteiger partial charge is 0.230 e. The average Bonchev–Trinajstić information content (AvgIpc) is 3.42. The fourth-order valence-electron chi connectivity index (χ4n) is 3.67. The Balaban J connectivity index is 1.48. The number of nitrogens with zero attached hydrogens (tertiary/aromatic N) is 3. The zero-order valence-electron chi connectivity index (χ0n) is 17.0. The van der Waals surface area contributed by atoms with Gasteiger partial charge in [-0.25, -0.2) is 0 Å². The van der Waals surface area contributed by atoms with Gasteiger partial charge in [-0.3, -0.25) is 9.36 Å². The molecule has 1 amide bonds. The van der Waals surface area contributed by atoms with E-state index in [2.05, 4.69) is 46.2 Å². The van der Waals surface area contributed by atoms with Crippen LogP contribution in [0, 0.1) is 5.92 Å². The average molecular weight is 431 g/mol. The van der Waals surface area contributed by atoms with Gasteiger partial charge in [-0.15, -0.1) is 21.5 Å². The number of carbonyl (C=O) groups is 1. The number of carbonyl (C=O) groups excluding carboxylic acids is 1. The van der Waals surface area contributed by atoms with Crippen LogP contribution >= 0.6 is 23.1 Å². The topological polar surface area (TPSA) is 73.0 Å². The second kappa shape index (κ2) is 8.75. The normalized spacial score (nSPS) is 16.2. The number of amides is 1. The number of aromatic nitrogens is 3. The van der Waals surface area contributed by atoms with Gasteiger partial charge in [0.1, 0.15) is 5.76 Å². The summed E-state index contributed by atoms with van der Waals surface area (Å²) < 4.78 is 7.40. The molecule has 0 aliphatic heterocycles. The molecule has 8 heteroatoms. The van der Waals surface area contributed by atoms with Crippen molar-refractivity contribution in [1.82, 2.24) is 20.1 Å². The van der Waals surface area contributed by atoms with Gasteiger partial charge >= 0.3 is 0 Å². The highest BCUT2D eigenvalue weighted by molar-refractivity contribution is 7.99. The molecule has 1 unspecified atom stereocenters. The lowest BCUT2D eigenvalue weighted by atomic mass is 9.88. The SMILES string of the molecule is CC1CCc2c(-c3nnc(SCC(=O)NCc4ccco4)n3C(C)C)csc2C1. The summed E-state index contributed by atoms with van der Waals surface area (Å²) in [4.78, 5) is 13.7. The minimum atomic E-state index is -0.0480. The summed E-state index contributed by atoms with van der Waals surface area (Å²) in [5.41, 5.74) is 2.65. The molecule has 6 nitrogen and oxygen atoms in total. The Labute approximate surface area is 179 Å². The Morgan fingerprint density at radius 2 is 2.31 bits per heavy atom. The number of nitrogens with one attached hydrogen (secondary N) is 1. The molecule has 1 aliphatic carbocycles. The minimum absolute atomic E-state index is 0.0480. The Kier molecular flexibility index (Phi) is 6.10. The lowest BCUT2D eigenvalue weighted by Crippen LogP contribution is -2.24. The molecule has 0 radical (unpaired) electrons. The monoisotopic (exact) mass is 430 g/mol. The van der Waals surface area contributed by atoms with E-state index in [1.165, 1.54) is 34.2 Å². The van der Waals surface area contributed by atoms with Gasteiger partial charge in [0.05, 0.1) is 18.6 Å². The first-order chi connectivity index (χ1) is 14.0. The summed E-state index contributed by atoms with van der Waals surface area (Å²) in [7, 11) is 0. The Hall–Kier alpha value is -2.06. The molecule has 154 valence electrons. The third kappa shape index (κ3) is 4.43. The van der Waals surface area contributed by atoms with Crippen molar-refractivity contribution >= 4 is 29.0 Å². The van der Waals surface area contributed by atoms with Gasteiger partial charge in [0.2, 0.25) is 5.91 Å². The van der Waals surface area contributed by atoms with Crippen molar-refractivity contribution in [3.63, 3.8) is 0 Å². The molecule has 0 bridgehead atoms. The number of thioether (sulfide) groups is 1. The molecule has 0 fully saturated rings. The molecule has 29 heavy (non-hydrogen) atoms. The number of furan rings is 1. The van der Waals surface area contributed by atoms with Gasteiger partial charge in [-0.1, -0.05) is 18.7 Å². The molecule has 1 N–H and O–H groups in total. The first-order valence-electron chi connectivity index (χ1n) is 9.99. The number of hydrogen-bond acceptors (Lipinski definition) is 6. The third-order valence-electron chi connectivity index (χ3n) is 5.20. The lowest BCUT2D eigenvalue weighted by Gasteiger charge is -2.19. The molecule has 1 aliphatic rings. The van der Waals surface area contributed by atoms with E-state index in [9.17, 15) is 4.79 Å². The standard InChI is InChI=1S/C21H26N4O2S2/c1-13(2)25-20(17-11-28-18-9-14(3)6-7-16(17)18)23-24-21(25)29-12-19(26)22-10-15-5-4-8-27-15/h4-5,8,11,13-14H,6-7,9-10,12H2,1-3H3,(H,22,26). The predicted molar refractivity (Wildman–Crippen MR) is 116 cm³/mol. The lowest BCUT2D eigenvalue weighted by molar-refractivity contribution is -0.118. The molecule has 4 rings (SSSR count). The molecular formula is C21H26N4O2S2. The van der Waals surface area contributed by atoms with E-state index < -0.39 is 0 Å². The van der Waals surface area contributed by atoms with Crippen molar-refractivity contribution in [2.45, 2.75) is 57.8 Å². The zero-order valence-corrected chi connectivity index (χ0v) is 18.6. The van der Waals surface area contributed by atoms with Gasteiger partial charge < -0.3 is 9.73 Å². The minimum Gasteiger partial charge on any atom is -0.467 e. The van der Waals surface area contributed by atoms with Crippen molar-refractivity contribution in [3.8, 4) is 11.4 Å². The van der Waals surface area contributed by atoms with Crippen LogP contribution in [0.5, 0.6) is 0 Å². The molecular weight excluding hydrogens is 404 g/mol. The summed E-state index contributed by atoms with van der Waals surface area (Å²) in [6.45, 7) is 6.99. The Morgan fingerprint density at radius 1 is 1.45 bits per heavy atom. The molecule has 3 aromatic rings. The number of thiophene rings is 1. The fourth-order valence-corrected chi connectivity index (χ4v) is 5.81. The maximum absolute atomic E-state index is 12.2. The number of fused-ring (bicyclic) bond motifs is 1. The quantitative estimate of drug-likeness (QED) is 0.549. The Bertz CT molecular complexity index is 975. The summed E-state index contributed by atoms with van der Waals surface area (Å²) in [5, 5.41) is 14.8. The molecule has 0 spiro atoms. The molecule has 1 atom stereocenters. The van der Waals surface area contributed by atoms with Crippen molar-refractivity contribution < 1.29 is 9.21 Å². The predicted octanol–water partition coefficient (Wildman–Crippen LogP) is 4.71. The van der Waals surface area contributed by atoms with E-state index in [1.807, 2.05) is 23.5 Å². The van der Waals surface area contributed by atoms with Crippen LogP contribution in [-0.2, 0) is 24.2 Å². The summed E-state index contributed by atoms with van der Waals surface area (Å²) in [6.07, 6.45) is 5.10. The van der Waals surface area contributed by atoms with Gasteiger partial charge in [0.15, 0.2) is 11.0 Å². The van der Waals surface area contributed by atoms with Crippen LogP contribution < -0.4 is 5.32 Å². The second-order valence-electron chi connectivity index (χ2n) is 7.81. The van der Waals surface area contributed by atoms with Gasteiger partial charge in [0, 0.05) is 21.9 Å². The van der Waals surface area contributed by atoms with Crippen LogP contribution in [0.3, 0.4) is 0 Å². The highest BCUT2D eigenvalue weighted by atomic mass is 32.2. The largest absolute Gasteiger partial charge is 0.467 e. The first-order valence-corrected chi connectivity index (χ1v) is 11.9. The van der Waals surface area contributed by atoms with E-state index in [0.29, 0.717) is 12.3 Å². The van der Waals surface area contributed by atoms with Crippen molar-refractivity contribution in [2.24, 2.45) is 5.92 Å². The van der Waals surface area contributed by atoms with E-state index >= 15 is 0 Å². The third-order valence-corrected chi connectivity index (χ3v) is 7.19. The second-order valence-corrected chi connectivity index (χ2v) is 9.72. The number of rotatable bonds is 7. The summed E-state index contributed by atoms with van der Waals surface area (Å²) in [6, 6.07) is 3.87. The Morgan fingerprint density at radius 3 is 3.07 bits per heavy atom. The van der Waals surface area contributed by atoms with E-state index in [0.717, 1.165) is 35.5 Å². The molecule has 0 saturated heterocycles. The first kappa shape index (κ1) is 20.2. The summed E-state index contributed by atoms with van der Waals surface area (Å²) >= 11 is 3.27.